The minimum absolute atomic E-state index is 0.0617. The van der Waals surface area contributed by atoms with Gasteiger partial charge in [0.25, 0.3) is 0 Å². The zero-order valence-electron chi connectivity index (χ0n) is 24.6. The zero-order valence-corrected chi connectivity index (χ0v) is 25.4. The molecule has 2 aliphatic rings. The van der Waals surface area contributed by atoms with Gasteiger partial charge in [-0.15, -0.1) is 0 Å². The second-order valence-corrected chi connectivity index (χ2v) is 13.6. The molecule has 0 amide bonds. The van der Waals surface area contributed by atoms with Crippen LogP contribution in [0.2, 0.25) is 0 Å². The van der Waals surface area contributed by atoms with Crippen LogP contribution in [0.15, 0.2) is 36.4 Å². The fraction of sp³-hybridized carbons (Fsp3) is 0.533. The van der Waals surface area contributed by atoms with Gasteiger partial charge in [0.05, 0.1) is 18.6 Å². The number of aromatic amines is 1. The van der Waals surface area contributed by atoms with Crippen molar-refractivity contribution in [3.05, 3.63) is 64.9 Å². The van der Waals surface area contributed by atoms with Crippen molar-refractivity contribution in [1.29, 1.82) is 0 Å². The molecule has 5 rings (SSSR count). The SMILES string of the molecule is C[C@@H]1Cc2c([nH]c3ccccc23)[C@@H](c2c(F)cc(NC3CN(CCS(=O)CCCC(F)(F)C(F)(F)F)C3)cc2F)N1CC(F)(F)F. The number of hydrogen-bond donors (Lipinski definition) is 2. The average molecular weight is 687 g/mol. The highest BCUT2D eigenvalue weighted by Gasteiger charge is 2.56. The highest BCUT2D eigenvalue weighted by Crippen LogP contribution is 2.44. The normalized spacial score (nSPS) is 20.9. The fourth-order valence-corrected chi connectivity index (χ4v) is 7.34. The van der Waals surface area contributed by atoms with Gasteiger partial charge in [0.2, 0.25) is 0 Å². The van der Waals surface area contributed by atoms with E-state index in [4.69, 9.17) is 0 Å². The van der Waals surface area contributed by atoms with Crippen molar-refractivity contribution in [3.63, 3.8) is 0 Å². The van der Waals surface area contributed by atoms with Gasteiger partial charge in [-0.05, 0) is 43.5 Å². The van der Waals surface area contributed by atoms with Gasteiger partial charge in [0.15, 0.2) is 0 Å². The van der Waals surface area contributed by atoms with Gasteiger partial charge in [-0.3, -0.25) is 14.0 Å². The lowest BCUT2D eigenvalue weighted by atomic mass is 9.88. The van der Waals surface area contributed by atoms with E-state index in [-0.39, 0.29) is 36.2 Å². The van der Waals surface area contributed by atoms with Crippen LogP contribution in [-0.4, -0.2) is 87.0 Å². The Morgan fingerprint density at radius 1 is 0.978 bits per heavy atom. The number of hydrogen-bond acceptors (Lipinski definition) is 4. The van der Waals surface area contributed by atoms with Gasteiger partial charge >= 0.3 is 18.3 Å². The van der Waals surface area contributed by atoms with Crippen LogP contribution < -0.4 is 5.32 Å². The van der Waals surface area contributed by atoms with E-state index in [1.165, 1.54) is 0 Å². The summed E-state index contributed by atoms with van der Waals surface area (Å²) in [4.78, 5) is 5.99. The number of nitrogens with one attached hydrogen (secondary N) is 2. The van der Waals surface area contributed by atoms with Crippen LogP contribution in [0.3, 0.4) is 0 Å². The van der Waals surface area contributed by atoms with Gasteiger partial charge in [-0.1, -0.05) is 18.2 Å². The van der Waals surface area contributed by atoms with Crippen LogP contribution in [-0.2, 0) is 17.2 Å². The molecule has 2 aromatic carbocycles. The molecule has 254 valence electrons. The molecule has 2 aliphatic heterocycles. The summed E-state index contributed by atoms with van der Waals surface area (Å²) < 4.78 is 147. The molecule has 1 aromatic heterocycles. The van der Waals surface area contributed by atoms with Crippen LogP contribution in [0.4, 0.5) is 49.6 Å². The van der Waals surface area contributed by atoms with E-state index in [1.807, 2.05) is 11.0 Å². The molecule has 0 aliphatic carbocycles. The molecule has 3 heterocycles. The Bertz CT molecular complexity index is 1540. The van der Waals surface area contributed by atoms with E-state index in [0.717, 1.165) is 22.4 Å². The molecule has 0 spiro atoms. The maximum atomic E-state index is 15.7. The molecule has 1 fully saturated rings. The minimum atomic E-state index is -5.65. The van der Waals surface area contributed by atoms with Crippen LogP contribution in [0.1, 0.15) is 42.6 Å². The molecule has 0 saturated carbocycles. The lowest BCUT2D eigenvalue weighted by molar-refractivity contribution is -0.284. The van der Waals surface area contributed by atoms with E-state index in [0.29, 0.717) is 29.9 Å². The molecule has 3 aromatic rings. The Kier molecular flexibility index (Phi) is 9.73. The van der Waals surface area contributed by atoms with Crippen molar-refractivity contribution in [3.8, 4) is 0 Å². The molecular formula is C30H32F10N4OS. The molecule has 16 heteroatoms. The summed E-state index contributed by atoms with van der Waals surface area (Å²) in [6, 6.07) is 6.89. The molecule has 3 atom stereocenters. The Hall–Kier alpha value is -2.85. The molecule has 0 bridgehead atoms. The third kappa shape index (κ3) is 7.48. The highest BCUT2D eigenvalue weighted by molar-refractivity contribution is 7.84. The van der Waals surface area contributed by atoms with Crippen molar-refractivity contribution >= 4 is 27.4 Å². The maximum absolute atomic E-state index is 15.7. The Morgan fingerprint density at radius 2 is 1.63 bits per heavy atom. The summed E-state index contributed by atoms with van der Waals surface area (Å²) in [5, 5.41) is 3.76. The van der Waals surface area contributed by atoms with Gasteiger partial charge in [-0.2, -0.15) is 35.1 Å². The molecule has 1 unspecified atom stereocenters. The third-order valence-corrected chi connectivity index (χ3v) is 9.85. The highest BCUT2D eigenvalue weighted by atomic mass is 32.2. The Labute approximate surface area is 260 Å². The first-order valence-corrected chi connectivity index (χ1v) is 16.1. The number of fused-ring (bicyclic) bond motifs is 3. The van der Waals surface area contributed by atoms with Gasteiger partial charge in [0, 0.05) is 82.2 Å². The first-order chi connectivity index (χ1) is 21.4. The van der Waals surface area contributed by atoms with Crippen LogP contribution in [0, 0.1) is 11.6 Å². The van der Waals surface area contributed by atoms with E-state index in [1.54, 1.807) is 25.1 Å². The molecule has 46 heavy (non-hydrogen) atoms. The number of para-hydroxylation sites is 1. The van der Waals surface area contributed by atoms with E-state index < -0.39 is 77.7 Å². The standard InChI is InChI=1S/C30H32F10N4OS/c1-17-11-21-20-5-2-3-6-24(20)42-26(21)27(44(17)16-29(35,36)37)25-22(31)12-18(13-23(25)32)41-19-14-43(15-19)8-10-46(45)9-4-7-28(33,34)30(38,39)40/h2-3,5-6,12-13,17,19,27,41-42H,4,7-11,14-16H2,1H3/t17-,27-,46?/m1/s1. The molecule has 5 nitrogen and oxygen atoms in total. The number of anilines is 1. The quantitative estimate of drug-likeness (QED) is 0.210. The smallest absolute Gasteiger partial charge is 0.380 e. The number of benzene rings is 2. The first-order valence-electron chi connectivity index (χ1n) is 14.6. The second-order valence-electron chi connectivity index (χ2n) is 11.9. The number of alkyl halides is 8. The largest absolute Gasteiger partial charge is 0.453 e. The summed E-state index contributed by atoms with van der Waals surface area (Å²) in [5.74, 6) is -7.10. The lowest BCUT2D eigenvalue weighted by Crippen LogP contribution is -2.55. The summed E-state index contributed by atoms with van der Waals surface area (Å²) >= 11 is 0. The van der Waals surface area contributed by atoms with E-state index >= 15 is 8.78 Å². The minimum Gasteiger partial charge on any atom is -0.380 e. The van der Waals surface area contributed by atoms with Crippen molar-refractivity contribution in [2.24, 2.45) is 0 Å². The first kappa shape index (κ1) is 34.5. The second kappa shape index (κ2) is 13.0. The van der Waals surface area contributed by atoms with Gasteiger partial charge in [-0.25, -0.2) is 8.78 Å². The number of halogens is 10. The van der Waals surface area contributed by atoms with E-state index in [2.05, 4.69) is 10.3 Å². The van der Waals surface area contributed by atoms with Gasteiger partial charge < -0.3 is 10.3 Å². The molecule has 0 radical (unpaired) electrons. The predicted octanol–water partition coefficient (Wildman–Crippen LogP) is 7.17. The molecule has 1 saturated heterocycles. The monoisotopic (exact) mass is 686 g/mol. The van der Waals surface area contributed by atoms with Crippen molar-refractivity contribution in [2.75, 3.05) is 43.0 Å². The summed E-state index contributed by atoms with van der Waals surface area (Å²) in [7, 11) is -1.60. The number of aromatic nitrogens is 1. The topological polar surface area (TPSA) is 51.4 Å². The maximum Gasteiger partial charge on any atom is 0.453 e. The summed E-state index contributed by atoms with van der Waals surface area (Å²) in [5.41, 5.74) is 1.25. The molecular weight excluding hydrogens is 654 g/mol. The number of rotatable bonds is 11. The predicted molar refractivity (Wildman–Crippen MR) is 154 cm³/mol. The fourth-order valence-electron chi connectivity index (χ4n) is 6.21. The van der Waals surface area contributed by atoms with Crippen molar-refractivity contribution in [2.45, 2.75) is 62.6 Å². The third-order valence-electron chi connectivity index (χ3n) is 8.47. The van der Waals surface area contributed by atoms with Crippen LogP contribution >= 0.6 is 0 Å². The van der Waals surface area contributed by atoms with Crippen molar-refractivity contribution in [1.82, 2.24) is 14.8 Å². The van der Waals surface area contributed by atoms with Crippen LogP contribution in [0.5, 0.6) is 0 Å². The van der Waals surface area contributed by atoms with Gasteiger partial charge in [0.1, 0.15) is 11.6 Å². The Morgan fingerprint density at radius 3 is 2.26 bits per heavy atom. The lowest BCUT2D eigenvalue weighted by Gasteiger charge is -2.41. The Balaban J connectivity index is 1.23. The number of nitrogens with zero attached hydrogens (tertiary/aromatic N) is 2. The summed E-state index contributed by atoms with van der Waals surface area (Å²) in [6.45, 7) is 1.27. The molecule has 2 N–H and O–H groups in total. The zero-order chi connectivity index (χ0) is 33.6. The number of H-pyrrole nitrogens is 1. The van der Waals surface area contributed by atoms with E-state index in [9.17, 15) is 39.3 Å². The average Bonchev–Trinajstić information content (AvgIpc) is 3.27. The summed E-state index contributed by atoms with van der Waals surface area (Å²) in [6.07, 6.45) is -12.0. The van der Waals surface area contributed by atoms with Crippen molar-refractivity contribution < 1.29 is 48.1 Å². The number of likely N-dealkylation sites (tertiary alicyclic amines) is 1. The van der Waals surface area contributed by atoms with Crippen LogP contribution in [0.25, 0.3) is 10.9 Å².